The van der Waals surface area contributed by atoms with Gasteiger partial charge in [0.2, 0.25) is 5.89 Å². The summed E-state index contributed by atoms with van der Waals surface area (Å²) in [6, 6.07) is 0. The highest BCUT2D eigenvalue weighted by Crippen LogP contribution is 2.45. The second-order valence-corrected chi connectivity index (χ2v) is 3.65. The molecule has 1 saturated carbocycles. The fraction of sp³-hybridized carbons (Fsp3) is 0.778. The van der Waals surface area contributed by atoms with Crippen molar-refractivity contribution in [2.45, 2.75) is 32.7 Å². The molecule has 1 aromatic rings. The minimum Gasteiger partial charge on any atom is -0.338 e. The molecule has 0 aromatic carbocycles. The fourth-order valence-electron chi connectivity index (χ4n) is 1.40. The topological polar surface area (TPSA) is 51.0 Å². The number of aromatic nitrogens is 2. The van der Waals surface area contributed by atoms with Crippen molar-refractivity contribution in [1.29, 1.82) is 0 Å². The first-order valence-corrected chi connectivity index (χ1v) is 4.84. The zero-order valence-electron chi connectivity index (χ0n) is 8.08. The van der Waals surface area contributed by atoms with Gasteiger partial charge >= 0.3 is 0 Å². The van der Waals surface area contributed by atoms with E-state index in [0.717, 1.165) is 18.3 Å². The summed E-state index contributed by atoms with van der Waals surface area (Å²) in [4.78, 5) is 4.32. The van der Waals surface area contributed by atoms with Gasteiger partial charge in [0.1, 0.15) is 0 Å². The van der Waals surface area contributed by atoms with Crippen LogP contribution in [0.1, 0.15) is 37.9 Å². The van der Waals surface area contributed by atoms with Crippen LogP contribution >= 0.6 is 0 Å². The standard InChI is InChI=1S/C9H15N3O/c1-3-10-5-8-11-9(12-13-8)7-4-6(7)2/h6-7,10H,3-5H2,1-2H3. The predicted octanol–water partition coefficient (Wildman–Crippen LogP) is 1.30. The maximum Gasteiger partial charge on any atom is 0.240 e. The third-order valence-corrected chi connectivity index (χ3v) is 2.45. The van der Waals surface area contributed by atoms with Gasteiger partial charge in [-0.25, -0.2) is 0 Å². The normalized spacial score (nSPS) is 26.3. The number of nitrogens with one attached hydrogen (secondary N) is 1. The van der Waals surface area contributed by atoms with Crippen LogP contribution in [0.5, 0.6) is 0 Å². The summed E-state index contributed by atoms with van der Waals surface area (Å²) >= 11 is 0. The summed E-state index contributed by atoms with van der Waals surface area (Å²) in [6.07, 6.45) is 1.21. The average Bonchev–Trinajstić information content (AvgIpc) is 2.67. The molecule has 0 spiro atoms. The highest BCUT2D eigenvalue weighted by molar-refractivity contribution is 5.07. The SMILES string of the molecule is CCNCc1nc(C2CC2C)no1. The smallest absolute Gasteiger partial charge is 0.240 e. The summed E-state index contributed by atoms with van der Waals surface area (Å²) in [5.41, 5.74) is 0. The number of rotatable bonds is 4. The summed E-state index contributed by atoms with van der Waals surface area (Å²) in [5, 5.41) is 7.11. The molecule has 1 heterocycles. The lowest BCUT2D eigenvalue weighted by Gasteiger charge is -1.92. The van der Waals surface area contributed by atoms with Crippen molar-refractivity contribution in [3.63, 3.8) is 0 Å². The third kappa shape index (κ3) is 1.88. The molecular formula is C9H15N3O. The Kier molecular flexibility index (Phi) is 2.31. The van der Waals surface area contributed by atoms with Gasteiger partial charge in [-0.2, -0.15) is 4.98 Å². The summed E-state index contributed by atoms with van der Waals surface area (Å²) in [5.74, 6) is 2.89. The first kappa shape index (κ1) is 8.69. The molecular weight excluding hydrogens is 166 g/mol. The first-order valence-electron chi connectivity index (χ1n) is 4.84. The van der Waals surface area contributed by atoms with E-state index in [9.17, 15) is 0 Å². The van der Waals surface area contributed by atoms with E-state index < -0.39 is 0 Å². The van der Waals surface area contributed by atoms with Crippen LogP contribution in [0, 0.1) is 5.92 Å². The van der Waals surface area contributed by atoms with Crippen LogP contribution in [-0.4, -0.2) is 16.7 Å². The lowest BCUT2D eigenvalue weighted by atomic mass is 10.3. The Hall–Kier alpha value is -0.900. The van der Waals surface area contributed by atoms with Crippen LogP contribution < -0.4 is 5.32 Å². The molecule has 1 aromatic heterocycles. The second-order valence-electron chi connectivity index (χ2n) is 3.65. The van der Waals surface area contributed by atoms with Gasteiger partial charge in [-0.3, -0.25) is 0 Å². The third-order valence-electron chi connectivity index (χ3n) is 2.45. The van der Waals surface area contributed by atoms with Crippen molar-refractivity contribution in [2.75, 3.05) is 6.54 Å². The van der Waals surface area contributed by atoms with Crippen molar-refractivity contribution in [2.24, 2.45) is 5.92 Å². The van der Waals surface area contributed by atoms with Crippen LogP contribution in [0.15, 0.2) is 4.52 Å². The zero-order valence-corrected chi connectivity index (χ0v) is 8.08. The predicted molar refractivity (Wildman–Crippen MR) is 48.2 cm³/mol. The van der Waals surface area contributed by atoms with E-state index in [1.54, 1.807) is 0 Å². The molecule has 4 heteroatoms. The van der Waals surface area contributed by atoms with Crippen LogP contribution in [0.4, 0.5) is 0 Å². The zero-order chi connectivity index (χ0) is 9.26. The van der Waals surface area contributed by atoms with Crippen molar-refractivity contribution in [3.8, 4) is 0 Å². The molecule has 1 aliphatic rings. The number of hydrogen-bond acceptors (Lipinski definition) is 4. The van der Waals surface area contributed by atoms with Crippen LogP contribution in [-0.2, 0) is 6.54 Å². The van der Waals surface area contributed by atoms with Gasteiger partial charge in [-0.05, 0) is 18.9 Å². The molecule has 0 saturated heterocycles. The highest BCUT2D eigenvalue weighted by atomic mass is 16.5. The molecule has 2 atom stereocenters. The Morgan fingerprint density at radius 3 is 3.00 bits per heavy atom. The van der Waals surface area contributed by atoms with Crippen molar-refractivity contribution in [1.82, 2.24) is 15.5 Å². The molecule has 0 radical (unpaired) electrons. The quantitative estimate of drug-likeness (QED) is 0.760. The Morgan fingerprint density at radius 2 is 2.38 bits per heavy atom. The minimum atomic E-state index is 0.555. The van der Waals surface area contributed by atoms with E-state index in [0.29, 0.717) is 18.4 Å². The summed E-state index contributed by atoms with van der Waals surface area (Å²) < 4.78 is 5.09. The van der Waals surface area contributed by atoms with Crippen molar-refractivity contribution in [3.05, 3.63) is 11.7 Å². The molecule has 1 N–H and O–H groups in total. The average molecular weight is 181 g/mol. The van der Waals surface area contributed by atoms with Gasteiger partial charge in [0.15, 0.2) is 5.82 Å². The maximum atomic E-state index is 5.09. The Labute approximate surface area is 77.7 Å². The molecule has 1 fully saturated rings. The van der Waals surface area contributed by atoms with Crippen molar-refractivity contribution < 1.29 is 4.52 Å². The Bertz CT molecular complexity index is 284. The maximum absolute atomic E-state index is 5.09. The van der Waals surface area contributed by atoms with Gasteiger partial charge in [0, 0.05) is 5.92 Å². The molecule has 13 heavy (non-hydrogen) atoms. The van der Waals surface area contributed by atoms with Gasteiger partial charge in [-0.1, -0.05) is 19.0 Å². The van der Waals surface area contributed by atoms with E-state index in [2.05, 4.69) is 29.3 Å². The minimum absolute atomic E-state index is 0.555. The highest BCUT2D eigenvalue weighted by Gasteiger charge is 2.37. The molecule has 1 aliphatic carbocycles. The molecule has 0 amide bonds. The van der Waals surface area contributed by atoms with Crippen molar-refractivity contribution >= 4 is 0 Å². The van der Waals surface area contributed by atoms with E-state index in [-0.39, 0.29) is 0 Å². The number of hydrogen-bond donors (Lipinski definition) is 1. The first-order chi connectivity index (χ1) is 6.31. The van der Waals surface area contributed by atoms with Crippen LogP contribution in [0.25, 0.3) is 0 Å². The largest absolute Gasteiger partial charge is 0.338 e. The van der Waals surface area contributed by atoms with Gasteiger partial charge in [-0.15, -0.1) is 0 Å². The Morgan fingerprint density at radius 1 is 1.62 bits per heavy atom. The molecule has 2 rings (SSSR count). The van der Waals surface area contributed by atoms with E-state index in [1.807, 2.05) is 0 Å². The molecule has 4 nitrogen and oxygen atoms in total. The number of nitrogens with zero attached hydrogens (tertiary/aromatic N) is 2. The van der Waals surface area contributed by atoms with Crippen LogP contribution in [0.3, 0.4) is 0 Å². The van der Waals surface area contributed by atoms with Crippen LogP contribution in [0.2, 0.25) is 0 Å². The molecule has 0 bridgehead atoms. The van der Waals surface area contributed by atoms with Gasteiger partial charge in [0.05, 0.1) is 6.54 Å². The lowest BCUT2D eigenvalue weighted by molar-refractivity contribution is 0.364. The van der Waals surface area contributed by atoms with E-state index >= 15 is 0 Å². The van der Waals surface area contributed by atoms with Gasteiger partial charge in [0.25, 0.3) is 0 Å². The Balaban J connectivity index is 1.94. The summed E-state index contributed by atoms with van der Waals surface area (Å²) in [7, 11) is 0. The monoisotopic (exact) mass is 181 g/mol. The lowest BCUT2D eigenvalue weighted by Crippen LogP contribution is -2.11. The molecule has 72 valence electrons. The van der Waals surface area contributed by atoms with E-state index in [1.165, 1.54) is 6.42 Å². The second kappa shape index (κ2) is 3.46. The fourth-order valence-corrected chi connectivity index (χ4v) is 1.40. The van der Waals surface area contributed by atoms with Gasteiger partial charge < -0.3 is 9.84 Å². The molecule has 0 aliphatic heterocycles. The molecule has 2 unspecified atom stereocenters. The summed E-state index contributed by atoms with van der Waals surface area (Å²) in [6.45, 7) is 5.88. The van der Waals surface area contributed by atoms with E-state index in [4.69, 9.17) is 4.52 Å².